The number of nitrogens with zero attached hydrogens (tertiary/aromatic N) is 1. The molecule has 0 aliphatic heterocycles. The highest BCUT2D eigenvalue weighted by Gasteiger charge is 2.10. The van der Waals surface area contributed by atoms with Gasteiger partial charge in [0.25, 0.3) is 0 Å². The first-order valence-corrected chi connectivity index (χ1v) is 6.42. The summed E-state index contributed by atoms with van der Waals surface area (Å²) in [7, 11) is 1.70. The van der Waals surface area contributed by atoms with Crippen molar-refractivity contribution in [1.82, 2.24) is 10.4 Å². The lowest BCUT2D eigenvalue weighted by Crippen LogP contribution is -2.37. The van der Waals surface area contributed by atoms with Gasteiger partial charge in [0.1, 0.15) is 0 Å². The summed E-state index contributed by atoms with van der Waals surface area (Å²) in [4.78, 5) is 12.1. The SMILES string of the molecule is CC(=O)N(C)NCc1sc2ccccc2c1Cl. The van der Waals surface area contributed by atoms with Crippen LogP contribution < -0.4 is 5.43 Å². The van der Waals surface area contributed by atoms with Gasteiger partial charge in [-0.1, -0.05) is 29.8 Å². The Bertz CT molecular complexity index is 552. The number of carbonyl (C=O) groups is 1. The molecule has 3 nitrogen and oxygen atoms in total. The molecule has 1 N–H and O–H groups in total. The van der Waals surface area contributed by atoms with Gasteiger partial charge in [-0.15, -0.1) is 11.3 Å². The second-order valence-electron chi connectivity index (χ2n) is 3.75. The maximum absolute atomic E-state index is 11.1. The zero-order chi connectivity index (χ0) is 12.4. The fourth-order valence-corrected chi connectivity index (χ4v) is 2.91. The van der Waals surface area contributed by atoms with Crippen molar-refractivity contribution in [3.63, 3.8) is 0 Å². The number of halogens is 1. The molecule has 0 spiro atoms. The van der Waals surface area contributed by atoms with Gasteiger partial charge in [0, 0.05) is 28.9 Å². The van der Waals surface area contributed by atoms with Crippen molar-refractivity contribution in [3.8, 4) is 0 Å². The summed E-state index contributed by atoms with van der Waals surface area (Å²) in [6.45, 7) is 2.08. The monoisotopic (exact) mass is 268 g/mol. The number of thiophene rings is 1. The summed E-state index contributed by atoms with van der Waals surface area (Å²) in [6, 6.07) is 8.02. The lowest BCUT2D eigenvalue weighted by atomic mass is 10.2. The van der Waals surface area contributed by atoms with Crippen LogP contribution in [0.4, 0.5) is 0 Å². The molecule has 1 amide bonds. The van der Waals surface area contributed by atoms with Crippen LogP contribution in [-0.4, -0.2) is 18.0 Å². The second-order valence-corrected chi connectivity index (χ2v) is 5.26. The molecule has 0 bridgehead atoms. The first-order valence-electron chi connectivity index (χ1n) is 5.23. The molecule has 1 heterocycles. The van der Waals surface area contributed by atoms with E-state index >= 15 is 0 Å². The van der Waals surface area contributed by atoms with E-state index in [2.05, 4.69) is 5.43 Å². The molecule has 0 saturated carbocycles. The minimum absolute atomic E-state index is 0.0257. The summed E-state index contributed by atoms with van der Waals surface area (Å²) in [5, 5.41) is 3.30. The van der Waals surface area contributed by atoms with Crippen molar-refractivity contribution in [3.05, 3.63) is 34.2 Å². The average molecular weight is 269 g/mol. The Morgan fingerprint density at radius 3 is 2.82 bits per heavy atom. The van der Waals surface area contributed by atoms with E-state index in [0.29, 0.717) is 6.54 Å². The van der Waals surface area contributed by atoms with Crippen molar-refractivity contribution in [2.24, 2.45) is 0 Å². The molecule has 0 atom stereocenters. The molecule has 0 aliphatic rings. The summed E-state index contributed by atoms with van der Waals surface area (Å²) < 4.78 is 1.17. The van der Waals surface area contributed by atoms with Crippen LogP contribution in [0.15, 0.2) is 24.3 Å². The number of carbonyl (C=O) groups excluding carboxylic acids is 1. The fraction of sp³-hybridized carbons (Fsp3) is 0.250. The minimum atomic E-state index is -0.0257. The fourth-order valence-electron chi connectivity index (χ4n) is 1.48. The van der Waals surface area contributed by atoms with Gasteiger partial charge in [-0.25, -0.2) is 5.43 Å². The molecule has 0 radical (unpaired) electrons. The van der Waals surface area contributed by atoms with Crippen molar-refractivity contribution in [2.45, 2.75) is 13.5 Å². The number of hydrogen-bond donors (Lipinski definition) is 1. The van der Waals surface area contributed by atoms with Gasteiger partial charge in [-0.2, -0.15) is 0 Å². The van der Waals surface area contributed by atoms with Gasteiger partial charge in [0.2, 0.25) is 5.91 Å². The van der Waals surface area contributed by atoms with E-state index in [9.17, 15) is 4.79 Å². The molecule has 1 aromatic heterocycles. The number of rotatable bonds is 3. The molecule has 90 valence electrons. The van der Waals surface area contributed by atoms with Crippen molar-refractivity contribution in [2.75, 3.05) is 7.05 Å². The standard InChI is InChI=1S/C12H13ClN2OS/c1-8(16)15(2)14-7-11-12(13)9-5-3-4-6-10(9)17-11/h3-6,14H,7H2,1-2H3. The quantitative estimate of drug-likeness (QED) is 0.868. The largest absolute Gasteiger partial charge is 0.281 e. The number of amides is 1. The Balaban J connectivity index is 2.19. The number of hydrazine groups is 1. The Kier molecular flexibility index (Phi) is 3.66. The van der Waals surface area contributed by atoms with Crippen LogP contribution in [0.1, 0.15) is 11.8 Å². The number of hydrogen-bond acceptors (Lipinski definition) is 3. The lowest BCUT2D eigenvalue weighted by molar-refractivity contribution is -0.130. The maximum atomic E-state index is 11.1. The van der Waals surface area contributed by atoms with Gasteiger partial charge in [-0.05, 0) is 6.07 Å². The molecular formula is C12H13ClN2OS. The molecule has 17 heavy (non-hydrogen) atoms. The van der Waals surface area contributed by atoms with Gasteiger partial charge >= 0.3 is 0 Å². The molecule has 1 aromatic carbocycles. The lowest BCUT2D eigenvalue weighted by Gasteiger charge is -2.15. The summed E-state index contributed by atoms with van der Waals surface area (Å²) in [6.07, 6.45) is 0. The van der Waals surface area contributed by atoms with Gasteiger partial charge in [-0.3, -0.25) is 9.80 Å². The topological polar surface area (TPSA) is 32.3 Å². The van der Waals surface area contributed by atoms with Crippen molar-refractivity contribution >= 4 is 38.9 Å². The van der Waals surface area contributed by atoms with Crippen LogP contribution >= 0.6 is 22.9 Å². The zero-order valence-corrected chi connectivity index (χ0v) is 11.2. The molecule has 0 saturated heterocycles. The van der Waals surface area contributed by atoms with Gasteiger partial charge in [0.05, 0.1) is 11.6 Å². The predicted octanol–water partition coefficient (Wildman–Crippen LogP) is 3.04. The average Bonchev–Trinajstić information content (AvgIpc) is 2.64. The van der Waals surface area contributed by atoms with Crippen molar-refractivity contribution in [1.29, 1.82) is 0 Å². The van der Waals surface area contributed by atoms with Gasteiger partial charge < -0.3 is 0 Å². The van der Waals surface area contributed by atoms with Crippen LogP contribution in [0.2, 0.25) is 5.02 Å². The molecule has 2 aromatic rings. The van der Waals surface area contributed by atoms with E-state index in [0.717, 1.165) is 15.3 Å². The number of fused-ring (bicyclic) bond motifs is 1. The van der Waals surface area contributed by atoms with E-state index in [1.54, 1.807) is 18.4 Å². The van der Waals surface area contributed by atoms with E-state index in [4.69, 9.17) is 11.6 Å². The summed E-state index contributed by atoms with van der Waals surface area (Å²) in [5.41, 5.74) is 3.01. The molecule has 0 fully saturated rings. The highest BCUT2D eigenvalue weighted by Crippen LogP contribution is 2.34. The Labute approximate surface area is 109 Å². The zero-order valence-electron chi connectivity index (χ0n) is 9.66. The van der Waals surface area contributed by atoms with Crippen LogP contribution in [0.25, 0.3) is 10.1 Å². The highest BCUT2D eigenvalue weighted by atomic mass is 35.5. The number of benzene rings is 1. The normalized spacial score (nSPS) is 10.8. The van der Waals surface area contributed by atoms with E-state index in [1.807, 2.05) is 24.3 Å². The Morgan fingerprint density at radius 2 is 2.18 bits per heavy atom. The number of nitrogens with one attached hydrogen (secondary N) is 1. The minimum Gasteiger partial charge on any atom is -0.281 e. The van der Waals surface area contributed by atoms with Crippen LogP contribution in [-0.2, 0) is 11.3 Å². The third-order valence-corrected chi connectivity index (χ3v) is 4.27. The Morgan fingerprint density at radius 1 is 1.47 bits per heavy atom. The van der Waals surface area contributed by atoms with E-state index in [-0.39, 0.29) is 5.91 Å². The highest BCUT2D eigenvalue weighted by molar-refractivity contribution is 7.19. The van der Waals surface area contributed by atoms with Gasteiger partial charge in [0.15, 0.2) is 0 Å². The predicted molar refractivity (Wildman–Crippen MR) is 72.1 cm³/mol. The first kappa shape index (κ1) is 12.4. The maximum Gasteiger partial charge on any atom is 0.233 e. The van der Waals surface area contributed by atoms with E-state index < -0.39 is 0 Å². The van der Waals surface area contributed by atoms with Crippen molar-refractivity contribution < 1.29 is 4.79 Å². The summed E-state index contributed by atoms with van der Waals surface area (Å²) >= 11 is 7.93. The van der Waals surface area contributed by atoms with Crippen LogP contribution in [0.3, 0.4) is 0 Å². The molecule has 5 heteroatoms. The Hall–Kier alpha value is -1.10. The molecule has 2 rings (SSSR count). The first-order chi connectivity index (χ1) is 8.09. The molecular weight excluding hydrogens is 256 g/mol. The van der Waals surface area contributed by atoms with E-state index in [1.165, 1.54) is 16.6 Å². The smallest absolute Gasteiger partial charge is 0.233 e. The second kappa shape index (κ2) is 5.04. The van der Waals surface area contributed by atoms with Crippen LogP contribution in [0.5, 0.6) is 0 Å². The molecule has 0 aliphatic carbocycles. The molecule has 0 unspecified atom stereocenters. The third kappa shape index (κ3) is 2.60. The van der Waals surface area contributed by atoms with Crippen LogP contribution in [0, 0.1) is 0 Å². The summed E-state index contributed by atoms with van der Waals surface area (Å²) in [5.74, 6) is -0.0257. The third-order valence-electron chi connectivity index (χ3n) is 2.55.